The van der Waals surface area contributed by atoms with Crippen LogP contribution in [0.3, 0.4) is 0 Å². The maximum Gasteiger partial charge on any atom is 0.235 e. The number of anilines is 1. The van der Waals surface area contributed by atoms with Crippen LogP contribution in [-0.2, 0) is 11.3 Å². The Balaban J connectivity index is 1.51. The van der Waals surface area contributed by atoms with Crippen molar-refractivity contribution in [2.45, 2.75) is 31.0 Å². The number of nitriles is 1. The summed E-state index contributed by atoms with van der Waals surface area (Å²) in [5, 5.41) is 23.4. The Labute approximate surface area is 187 Å². The second-order valence-corrected chi connectivity index (χ2v) is 9.02. The molecule has 31 heavy (non-hydrogen) atoms. The average Bonchev–Trinajstić information content (AvgIpc) is 3.40. The lowest BCUT2D eigenvalue weighted by Gasteiger charge is -2.26. The quantitative estimate of drug-likeness (QED) is 0.540. The van der Waals surface area contributed by atoms with Gasteiger partial charge in [0.15, 0.2) is 11.0 Å². The fourth-order valence-electron chi connectivity index (χ4n) is 3.45. The van der Waals surface area contributed by atoms with Crippen LogP contribution in [0.15, 0.2) is 40.9 Å². The number of hydrogen-bond acceptors (Lipinski definition) is 7. The second kappa shape index (κ2) is 10.0. The van der Waals surface area contributed by atoms with E-state index in [-0.39, 0.29) is 17.5 Å². The molecule has 4 rings (SSSR count). The van der Waals surface area contributed by atoms with Crippen molar-refractivity contribution >= 4 is 34.0 Å². The largest absolute Gasteiger partial charge is 0.316 e. The van der Waals surface area contributed by atoms with Crippen molar-refractivity contribution in [3.63, 3.8) is 0 Å². The molecular weight excluding hydrogens is 435 g/mol. The molecule has 0 saturated carbocycles. The average molecular weight is 457 g/mol. The van der Waals surface area contributed by atoms with E-state index < -0.39 is 0 Å². The third-order valence-corrected chi connectivity index (χ3v) is 6.73. The molecule has 0 spiro atoms. The summed E-state index contributed by atoms with van der Waals surface area (Å²) in [7, 11) is 0. The first-order valence-electron chi connectivity index (χ1n) is 9.97. The van der Waals surface area contributed by atoms with Crippen molar-refractivity contribution in [2.75, 3.05) is 24.2 Å². The van der Waals surface area contributed by atoms with Crippen LogP contribution in [0.4, 0.5) is 9.39 Å². The van der Waals surface area contributed by atoms with E-state index in [4.69, 9.17) is 5.26 Å². The van der Waals surface area contributed by atoms with E-state index in [1.54, 1.807) is 23.6 Å². The topological polar surface area (TPSA) is 86.8 Å². The van der Waals surface area contributed by atoms with Gasteiger partial charge in [0.05, 0.1) is 17.9 Å². The summed E-state index contributed by atoms with van der Waals surface area (Å²) >= 11 is 2.57. The second-order valence-electron chi connectivity index (χ2n) is 7.16. The summed E-state index contributed by atoms with van der Waals surface area (Å²) in [4.78, 5) is 14.8. The zero-order chi connectivity index (χ0) is 21.6. The maximum absolute atomic E-state index is 13.5. The van der Waals surface area contributed by atoms with E-state index in [0.29, 0.717) is 22.3 Å². The number of aromatic nitrogens is 3. The maximum atomic E-state index is 13.5. The van der Waals surface area contributed by atoms with Crippen molar-refractivity contribution in [2.24, 2.45) is 0 Å². The highest BCUT2D eigenvalue weighted by Gasteiger charge is 2.20. The van der Waals surface area contributed by atoms with Gasteiger partial charge in [0.25, 0.3) is 0 Å². The van der Waals surface area contributed by atoms with Crippen molar-refractivity contribution in [3.8, 4) is 11.8 Å². The molecule has 2 aromatic heterocycles. The van der Waals surface area contributed by atoms with Gasteiger partial charge in [-0.05, 0) is 61.6 Å². The Kier molecular flexibility index (Phi) is 6.96. The van der Waals surface area contributed by atoms with Gasteiger partial charge in [-0.2, -0.15) is 5.26 Å². The minimum Gasteiger partial charge on any atom is -0.316 e. The SMILES string of the molecule is N#Cc1ccsc1NC(=O)CSc1nnc(CN2CCCCC2)n1-c1ccc(F)cc1. The van der Waals surface area contributed by atoms with Crippen LogP contribution in [0.1, 0.15) is 30.7 Å². The number of amides is 1. The number of likely N-dealkylation sites (tertiary alicyclic amines) is 1. The first kappa shape index (κ1) is 21.5. The number of rotatable bonds is 7. The van der Waals surface area contributed by atoms with Crippen molar-refractivity contribution in [3.05, 3.63) is 52.9 Å². The van der Waals surface area contributed by atoms with E-state index in [9.17, 15) is 9.18 Å². The molecule has 0 atom stereocenters. The zero-order valence-electron chi connectivity index (χ0n) is 16.8. The van der Waals surface area contributed by atoms with Gasteiger partial charge in [-0.15, -0.1) is 21.5 Å². The number of nitrogens with zero attached hydrogens (tertiary/aromatic N) is 5. The van der Waals surface area contributed by atoms with Gasteiger partial charge in [0.1, 0.15) is 16.9 Å². The molecule has 1 amide bonds. The molecule has 1 N–H and O–H groups in total. The number of hydrogen-bond donors (Lipinski definition) is 1. The minimum absolute atomic E-state index is 0.117. The molecule has 0 radical (unpaired) electrons. The van der Waals surface area contributed by atoms with Crippen LogP contribution < -0.4 is 5.32 Å². The van der Waals surface area contributed by atoms with Crippen LogP contribution in [0, 0.1) is 17.1 Å². The number of halogens is 1. The monoisotopic (exact) mass is 456 g/mol. The first-order valence-corrected chi connectivity index (χ1v) is 11.8. The number of piperidine rings is 1. The highest BCUT2D eigenvalue weighted by Crippen LogP contribution is 2.26. The zero-order valence-corrected chi connectivity index (χ0v) is 18.4. The standard InChI is InChI=1S/C21H21FN6OS2/c22-16-4-6-17(7-5-16)28-18(13-27-9-2-1-3-10-27)25-26-21(28)31-14-19(29)24-20-15(12-23)8-11-30-20/h4-8,11H,1-3,9-10,13-14H2,(H,24,29). The molecule has 3 aromatic rings. The van der Waals surface area contributed by atoms with Crippen LogP contribution in [0.25, 0.3) is 5.69 Å². The van der Waals surface area contributed by atoms with Gasteiger partial charge < -0.3 is 5.32 Å². The molecule has 160 valence electrons. The lowest BCUT2D eigenvalue weighted by atomic mass is 10.1. The van der Waals surface area contributed by atoms with E-state index in [0.717, 1.165) is 24.6 Å². The smallest absolute Gasteiger partial charge is 0.235 e. The number of thiophene rings is 1. The third kappa shape index (κ3) is 5.31. The Morgan fingerprint density at radius 2 is 1.97 bits per heavy atom. The molecule has 10 heteroatoms. The van der Waals surface area contributed by atoms with E-state index in [2.05, 4.69) is 26.5 Å². The molecule has 1 aliphatic rings. The van der Waals surface area contributed by atoms with Crippen molar-refractivity contribution in [1.29, 1.82) is 5.26 Å². The van der Waals surface area contributed by atoms with Crippen LogP contribution >= 0.6 is 23.1 Å². The Bertz CT molecular complexity index is 1080. The van der Waals surface area contributed by atoms with Crippen LogP contribution in [0.5, 0.6) is 0 Å². The predicted molar refractivity (Wildman–Crippen MR) is 119 cm³/mol. The highest BCUT2D eigenvalue weighted by molar-refractivity contribution is 7.99. The molecule has 1 fully saturated rings. The summed E-state index contributed by atoms with van der Waals surface area (Å²) < 4.78 is 15.4. The first-order chi connectivity index (χ1) is 15.1. The van der Waals surface area contributed by atoms with Gasteiger partial charge in [-0.25, -0.2) is 4.39 Å². The third-order valence-electron chi connectivity index (χ3n) is 4.97. The lowest BCUT2D eigenvalue weighted by Crippen LogP contribution is -2.30. The van der Waals surface area contributed by atoms with Gasteiger partial charge in [-0.3, -0.25) is 14.3 Å². The fraction of sp³-hybridized carbons (Fsp3) is 0.333. The summed E-state index contributed by atoms with van der Waals surface area (Å²) in [6, 6.07) is 9.92. The van der Waals surface area contributed by atoms with Gasteiger partial charge in [-0.1, -0.05) is 18.2 Å². The number of nitrogens with one attached hydrogen (secondary N) is 1. The van der Waals surface area contributed by atoms with Crippen LogP contribution in [-0.4, -0.2) is 44.4 Å². The van der Waals surface area contributed by atoms with Gasteiger partial charge in [0.2, 0.25) is 5.91 Å². The van der Waals surface area contributed by atoms with Gasteiger partial charge >= 0.3 is 0 Å². The Morgan fingerprint density at radius 3 is 2.71 bits per heavy atom. The molecule has 7 nitrogen and oxygen atoms in total. The number of carbonyl (C=O) groups is 1. The van der Waals surface area contributed by atoms with Gasteiger partial charge in [0, 0.05) is 5.69 Å². The lowest BCUT2D eigenvalue weighted by molar-refractivity contribution is -0.113. The molecular formula is C21H21FN6OS2. The van der Waals surface area contributed by atoms with E-state index in [1.807, 2.05) is 4.57 Å². The van der Waals surface area contributed by atoms with E-state index >= 15 is 0 Å². The minimum atomic E-state index is -0.313. The molecule has 0 bridgehead atoms. The Hall–Kier alpha value is -2.74. The summed E-state index contributed by atoms with van der Waals surface area (Å²) in [5.41, 5.74) is 1.20. The molecule has 1 saturated heterocycles. The molecule has 0 unspecified atom stereocenters. The Morgan fingerprint density at radius 1 is 1.19 bits per heavy atom. The summed E-state index contributed by atoms with van der Waals surface area (Å²) in [5.74, 6) is 0.343. The van der Waals surface area contributed by atoms with E-state index in [1.165, 1.54) is 54.5 Å². The molecule has 0 aliphatic carbocycles. The normalized spacial score (nSPS) is 14.3. The number of benzene rings is 1. The van der Waals surface area contributed by atoms with Crippen molar-refractivity contribution in [1.82, 2.24) is 19.7 Å². The highest BCUT2D eigenvalue weighted by atomic mass is 32.2. The fourth-order valence-corrected chi connectivity index (χ4v) is 4.97. The summed E-state index contributed by atoms with van der Waals surface area (Å²) in [6.45, 7) is 2.68. The van der Waals surface area contributed by atoms with Crippen LogP contribution in [0.2, 0.25) is 0 Å². The molecule has 3 heterocycles. The number of thioether (sulfide) groups is 1. The molecule has 1 aliphatic heterocycles. The predicted octanol–water partition coefficient (Wildman–Crippen LogP) is 4.06. The summed E-state index contributed by atoms with van der Waals surface area (Å²) in [6.07, 6.45) is 3.58. The van der Waals surface area contributed by atoms with Crippen molar-refractivity contribution < 1.29 is 9.18 Å². The number of carbonyl (C=O) groups excluding carboxylic acids is 1. The molecule has 1 aromatic carbocycles.